The maximum atomic E-state index is 8.98. The van der Waals surface area contributed by atoms with Crippen LogP contribution in [0.4, 0.5) is 11.5 Å². The minimum Gasteiger partial charge on any atom is -0.399 e. The lowest BCUT2D eigenvalue weighted by Gasteiger charge is -2.11. The lowest BCUT2D eigenvalue weighted by Crippen LogP contribution is -2.15. The van der Waals surface area contributed by atoms with Crippen molar-refractivity contribution >= 4 is 22.4 Å². The zero-order chi connectivity index (χ0) is 12.3. The van der Waals surface area contributed by atoms with Crippen molar-refractivity contribution in [2.75, 3.05) is 24.2 Å². The number of anilines is 2. The molecule has 1 aromatic heterocycles. The molecule has 0 saturated heterocycles. The Morgan fingerprint density at radius 3 is 3.00 bits per heavy atom. The molecule has 0 spiro atoms. The van der Waals surface area contributed by atoms with Crippen molar-refractivity contribution in [3.05, 3.63) is 24.5 Å². The summed E-state index contributed by atoms with van der Waals surface area (Å²) in [4.78, 5) is 8.37. The molecule has 5 heteroatoms. The number of aliphatic hydroxyl groups is 1. The fourth-order valence-electron chi connectivity index (χ4n) is 1.55. The molecule has 1 atom stereocenters. The molecule has 0 bridgehead atoms. The van der Waals surface area contributed by atoms with Crippen LogP contribution in [0.3, 0.4) is 0 Å². The van der Waals surface area contributed by atoms with Gasteiger partial charge in [-0.3, -0.25) is 0 Å². The lowest BCUT2D eigenvalue weighted by atomic mass is 10.2. The van der Waals surface area contributed by atoms with Crippen molar-refractivity contribution in [2.24, 2.45) is 5.92 Å². The number of fused-ring (bicyclic) bond motifs is 1. The second-order valence-corrected chi connectivity index (χ2v) is 4.17. The summed E-state index contributed by atoms with van der Waals surface area (Å²) < 4.78 is 0. The molecule has 1 unspecified atom stereocenters. The standard InChI is InChI=1S/C12H16N4O/c1-8(6-17)5-14-12-10-4-9(13)2-3-11(10)15-7-16-12/h2-4,7-8,17H,5-6,13H2,1H3,(H,14,15,16). The van der Waals surface area contributed by atoms with Crippen LogP contribution >= 0.6 is 0 Å². The molecule has 4 N–H and O–H groups in total. The van der Waals surface area contributed by atoms with Gasteiger partial charge < -0.3 is 16.2 Å². The summed E-state index contributed by atoms with van der Waals surface area (Å²) in [6.07, 6.45) is 1.52. The van der Waals surface area contributed by atoms with Crippen LogP contribution in [0.1, 0.15) is 6.92 Å². The molecule has 0 aliphatic rings. The molecule has 0 aliphatic carbocycles. The van der Waals surface area contributed by atoms with Crippen LogP contribution in [-0.2, 0) is 0 Å². The zero-order valence-corrected chi connectivity index (χ0v) is 9.72. The fourth-order valence-corrected chi connectivity index (χ4v) is 1.55. The predicted octanol–water partition coefficient (Wildman–Crippen LogP) is 1.25. The van der Waals surface area contributed by atoms with E-state index in [-0.39, 0.29) is 12.5 Å². The Labute approximate surface area is 99.7 Å². The van der Waals surface area contributed by atoms with Crippen LogP contribution in [0.5, 0.6) is 0 Å². The highest BCUT2D eigenvalue weighted by Gasteiger charge is 2.05. The van der Waals surface area contributed by atoms with Crippen LogP contribution in [0.15, 0.2) is 24.5 Å². The fraction of sp³-hybridized carbons (Fsp3) is 0.333. The Morgan fingerprint density at radius 1 is 1.41 bits per heavy atom. The Morgan fingerprint density at radius 2 is 2.24 bits per heavy atom. The van der Waals surface area contributed by atoms with Crippen molar-refractivity contribution in [2.45, 2.75) is 6.92 Å². The molecular weight excluding hydrogens is 216 g/mol. The van der Waals surface area contributed by atoms with E-state index in [9.17, 15) is 0 Å². The van der Waals surface area contributed by atoms with Crippen molar-refractivity contribution in [1.82, 2.24) is 9.97 Å². The van der Waals surface area contributed by atoms with Crippen molar-refractivity contribution < 1.29 is 5.11 Å². The van der Waals surface area contributed by atoms with Gasteiger partial charge in [-0.1, -0.05) is 6.92 Å². The molecule has 0 amide bonds. The Kier molecular flexibility index (Phi) is 3.39. The third-order valence-electron chi connectivity index (χ3n) is 2.59. The number of benzene rings is 1. The van der Waals surface area contributed by atoms with E-state index in [4.69, 9.17) is 10.8 Å². The SMILES string of the molecule is CC(CO)CNc1ncnc2ccc(N)cc12. The summed E-state index contributed by atoms with van der Waals surface area (Å²) in [5.41, 5.74) is 7.29. The van der Waals surface area contributed by atoms with Crippen LogP contribution in [0, 0.1) is 5.92 Å². The minimum atomic E-state index is 0.151. The first kappa shape index (κ1) is 11.6. The number of rotatable bonds is 4. The predicted molar refractivity (Wildman–Crippen MR) is 68.7 cm³/mol. The molecule has 1 heterocycles. The number of nitrogens with one attached hydrogen (secondary N) is 1. The third-order valence-corrected chi connectivity index (χ3v) is 2.59. The average Bonchev–Trinajstić information content (AvgIpc) is 2.35. The summed E-state index contributed by atoms with van der Waals surface area (Å²) in [6.45, 7) is 2.78. The van der Waals surface area contributed by atoms with Gasteiger partial charge >= 0.3 is 0 Å². The maximum Gasteiger partial charge on any atom is 0.137 e. The number of nitrogen functional groups attached to an aromatic ring is 1. The largest absolute Gasteiger partial charge is 0.399 e. The van der Waals surface area contributed by atoms with Gasteiger partial charge in [-0.2, -0.15) is 0 Å². The first-order valence-corrected chi connectivity index (χ1v) is 5.55. The highest BCUT2D eigenvalue weighted by Crippen LogP contribution is 2.21. The summed E-state index contributed by atoms with van der Waals surface area (Å²) >= 11 is 0. The molecule has 1 aromatic carbocycles. The topological polar surface area (TPSA) is 84.1 Å². The van der Waals surface area contributed by atoms with E-state index >= 15 is 0 Å². The van der Waals surface area contributed by atoms with E-state index in [1.54, 1.807) is 0 Å². The highest BCUT2D eigenvalue weighted by atomic mass is 16.3. The number of nitrogens with two attached hydrogens (primary N) is 1. The molecule has 90 valence electrons. The van der Waals surface area contributed by atoms with Crippen molar-refractivity contribution in [1.29, 1.82) is 0 Å². The monoisotopic (exact) mass is 232 g/mol. The smallest absolute Gasteiger partial charge is 0.137 e. The molecule has 2 aromatic rings. The molecular formula is C12H16N4O. The second-order valence-electron chi connectivity index (χ2n) is 4.17. The van der Waals surface area contributed by atoms with E-state index in [0.29, 0.717) is 12.2 Å². The third kappa shape index (κ3) is 2.62. The zero-order valence-electron chi connectivity index (χ0n) is 9.72. The van der Waals surface area contributed by atoms with Gasteiger partial charge in [0.2, 0.25) is 0 Å². The van der Waals surface area contributed by atoms with E-state index in [1.807, 2.05) is 25.1 Å². The average molecular weight is 232 g/mol. The van der Waals surface area contributed by atoms with Crippen LogP contribution < -0.4 is 11.1 Å². The number of aromatic nitrogens is 2. The molecule has 17 heavy (non-hydrogen) atoms. The minimum absolute atomic E-state index is 0.151. The van der Waals surface area contributed by atoms with Gasteiger partial charge in [0.1, 0.15) is 12.1 Å². The molecule has 0 radical (unpaired) electrons. The normalized spacial score (nSPS) is 12.6. The highest BCUT2D eigenvalue weighted by molar-refractivity contribution is 5.91. The molecule has 0 saturated carbocycles. The molecule has 0 aliphatic heterocycles. The first-order valence-electron chi connectivity index (χ1n) is 5.55. The summed E-state index contributed by atoms with van der Waals surface area (Å²) in [5.74, 6) is 0.934. The van der Waals surface area contributed by atoms with E-state index in [2.05, 4.69) is 15.3 Å². The molecule has 5 nitrogen and oxygen atoms in total. The van der Waals surface area contributed by atoms with Gasteiger partial charge in [-0.15, -0.1) is 0 Å². The lowest BCUT2D eigenvalue weighted by molar-refractivity contribution is 0.244. The number of hydrogen-bond donors (Lipinski definition) is 3. The maximum absolute atomic E-state index is 8.98. The summed E-state index contributed by atoms with van der Waals surface area (Å²) in [7, 11) is 0. The summed E-state index contributed by atoms with van der Waals surface area (Å²) in [5, 5.41) is 13.1. The van der Waals surface area contributed by atoms with Crippen LogP contribution in [0.2, 0.25) is 0 Å². The van der Waals surface area contributed by atoms with Gasteiger partial charge in [-0.25, -0.2) is 9.97 Å². The van der Waals surface area contributed by atoms with E-state index in [0.717, 1.165) is 16.7 Å². The van der Waals surface area contributed by atoms with Crippen LogP contribution in [-0.4, -0.2) is 28.2 Å². The van der Waals surface area contributed by atoms with Gasteiger partial charge in [0, 0.05) is 24.2 Å². The first-order chi connectivity index (χ1) is 8.20. The number of nitrogens with zero attached hydrogens (tertiary/aromatic N) is 2. The van der Waals surface area contributed by atoms with Gasteiger partial charge in [0.25, 0.3) is 0 Å². The van der Waals surface area contributed by atoms with Crippen LogP contribution in [0.25, 0.3) is 10.9 Å². The second kappa shape index (κ2) is 4.97. The van der Waals surface area contributed by atoms with Gasteiger partial charge in [0.15, 0.2) is 0 Å². The Balaban J connectivity index is 2.30. The molecule has 0 fully saturated rings. The van der Waals surface area contributed by atoms with Crippen molar-refractivity contribution in [3.63, 3.8) is 0 Å². The molecule has 2 rings (SSSR count). The number of hydrogen-bond acceptors (Lipinski definition) is 5. The summed E-state index contributed by atoms with van der Waals surface area (Å²) in [6, 6.07) is 5.53. The van der Waals surface area contributed by atoms with Crippen molar-refractivity contribution in [3.8, 4) is 0 Å². The Bertz CT molecular complexity index is 515. The van der Waals surface area contributed by atoms with Gasteiger partial charge in [0.05, 0.1) is 5.52 Å². The van der Waals surface area contributed by atoms with Gasteiger partial charge in [-0.05, 0) is 24.1 Å². The van der Waals surface area contributed by atoms with E-state index < -0.39 is 0 Å². The Hall–Kier alpha value is -1.88. The quantitative estimate of drug-likeness (QED) is 0.691. The number of aliphatic hydroxyl groups excluding tert-OH is 1. The van der Waals surface area contributed by atoms with E-state index in [1.165, 1.54) is 6.33 Å².